The molecule has 16 heteroatoms. The van der Waals surface area contributed by atoms with Crippen molar-refractivity contribution in [3.8, 4) is 35.4 Å². The average molecular weight is 830 g/mol. The van der Waals surface area contributed by atoms with Gasteiger partial charge in [-0.2, -0.15) is 10.5 Å². The van der Waals surface area contributed by atoms with Gasteiger partial charge in [-0.05, 0) is 96.1 Å². The van der Waals surface area contributed by atoms with Crippen molar-refractivity contribution in [2.45, 2.75) is 13.1 Å². The topological polar surface area (TPSA) is 184 Å². The number of hydrogen-bond donors (Lipinski definition) is 3. The fraction of sp³-hybridized carbons (Fsp3) is 0.0500. The molecule has 0 spiro atoms. The Bertz CT molecular complexity index is 2320. The summed E-state index contributed by atoms with van der Waals surface area (Å²) in [7, 11) is 0. The predicted molar refractivity (Wildman–Crippen MR) is 200 cm³/mol. The van der Waals surface area contributed by atoms with E-state index in [0.717, 1.165) is 47.8 Å². The fourth-order valence-electron chi connectivity index (χ4n) is 4.25. The van der Waals surface area contributed by atoms with Crippen molar-refractivity contribution in [3.05, 3.63) is 178 Å². The number of nitriles is 2. The van der Waals surface area contributed by atoms with Crippen molar-refractivity contribution in [2.75, 3.05) is 0 Å². The fourth-order valence-corrected chi connectivity index (χ4v) is 4.25. The largest absolute Gasteiger partial charge is 0.477 e. The number of aromatic carboxylic acids is 1. The molecular formula is C40H29BrF4N6O5. The zero-order chi connectivity index (χ0) is 39.7. The number of rotatable bonds is 9. The third-order valence-corrected chi connectivity index (χ3v) is 7.02. The molecule has 0 aliphatic carbocycles. The van der Waals surface area contributed by atoms with E-state index in [0.29, 0.717) is 17.7 Å². The number of hydrogen-bond acceptors (Lipinski definition) is 9. The molecule has 284 valence electrons. The lowest BCUT2D eigenvalue weighted by Gasteiger charge is -2.11. The van der Waals surface area contributed by atoms with Gasteiger partial charge < -0.3 is 25.6 Å². The minimum atomic E-state index is -1.36. The summed E-state index contributed by atoms with van der Waals surface area (Å²) >= 11 is 0. The standard InChI is InChI=1S/C20H13F2N3O2.C12H7F2NO3.C8H8N2.BrH/c21-15-5-7-17(8-6-15)27-20-18(9-16(22)12-25-20)19(26)24-11-14-3-1-13(10-23)2-4-14;13-7-1-3-9(4-2-7)18-11-10(12(16)17)5-8(14)6-15-11;9-5-7-1-2-8(6-10)4-3-7;/h1-9,12H,11H2,(H,24,26);1-6H,(H,16,17);1-4H,5,9H2;1H. The van der Waals surface area contributed by atoms with Crippen LogP contribution in [0, 0.1) is 45.9 Å². The number of ether oxygens (including phenoxy) is 2. The van der Waals surface area contributed by atoms with E-state index in [2.05, 4.69) is 15.3 Å². The summed E-state index contributed by atoms with van der Waals surface area (Å²) < 4.78 is 62.7. The molecule has 2 aromatic heterocycles. The molecule has 11 nitrogen and oxygen atoms in total. The number of benzene rings is 4. The molecule has 6 rings (SSSR count). The van der Waals surface area contributed by atoms with Gasteiger partial charge in [0.15, 0.2) is 0 Å². The number of carbonyl (C=O) groups excluding carboxylic acids is 1. The minimum absolute atomic E-state index is 0. The number of carboxylic acid groups (broad SMARTS) is 1. The molecule has 0 aliphatic heterocycles. The third kappa shape index (κ3) is 13.4. The lowest BCUT2D eigenvalue weighted by Crippen LogP contribution is -2.23. The van der Waals surface area contributed by atoms with Gasteiger partial charge in [0.2, 0.25) is 11.8 Å². The van der Waals surface area contributed by atoms with Gasteiger partial charge in [-0.3, -0.25) is 4.79 Å². The van der Waals surface area contributed by atoms with Crippen LogP contribution in [-0.2, 0) is 13.1 Å². The van der Waals surface area contributed by atoms with E-state index in [-0.39, 0.29) is 52.3 Å². The van der Waals surface area contributed by atoms with E-state index in [9.17, 15) is 27.2 Å². The zero-order valence-electron chi connectivity index (χ0n) is 28.8. The number of halogens is 5. The Hall–Kier alpha value is -7.14. The van der Waals surface area contributed by atoms with E-state index < -0.39 is 40.7 Å². The highest BCUT2D eigenvalue weighted by Gasteiger charge is 2.17. The Morgan fingerprint density at radius 1 is 0.643 bits per heavy atom. The number of nitrogens with two attached hydrogens (primary N) is 1. The lowest BCUT2D eigenvalue weighted by molar-refractivity contribution is 0.0692. The summed E-state index contributed by atoms with van der Waals surface area (Å²) in [5, 5.41) is 28.7. The van der Waals surface area contributed by atoms with Crippen molar-refractivity contribution in [2.24, 2.45) is 5.73 Å². The third-order valence-electron chi connectivity index (χ3n) is 7.02. The monoisotopic (exact) mass is 828 g/mol. The highest BCUT2D eigenvalue weighted by molar-refractivity contribution is 8.93. The number of nitrogens with zero attached hydrogens (tertiary/aromatic N) is 4. The van der Waals surface area contributed by atoms with Crippen LogP contribution in [0.1, 0.15) is 43.0 Å². The predicted octanol–water partition coefficient (Wildman–Crippen LogP) is 8.40. The highest BCUT2D eigenvalue weighted by Crippen LogP contribution is 2.25. The van der Waals surface area contributed by atoms with E-state index in [1.807, 2.05) is 24.3 Å². The van der Waals surface area contributed by atoms with Crippen molar-refractivity contribution in [1.82, 2.24) is 15.3 Å². The number of carbonyl (C=O) groups is 2. The SMILES string of the molecule is Br.N#Cc1ccc(CN)cc1.N#Cc1ccc(CNC(=O)c2cc(F)cnc2Oc2ccc(F)cc2)cc1.O=C(O)c1cc(F)cnc1Oc1ccc(F)cc1. The van der Waals surface area contributed by atoms with E-state index in [4.69, 9.17) is 30.8 Å². The van der Waals surface area contributed by atoms with Crippen molar-refractivity contribution >= 4 is 28.9 Å². The van der Waals surface area contributed by atoms with Gasteiger partial charge in [-0.1, -0.05) is 24.3 Å². The van der Waals surface area contributed by atoms with Crippen LogP contribution in [0.4, 0.5) is 17.6 Å². The second kappa shape index (κ2) is 21.5. The van der Waals surface area contributed by atoms with Gasteiger partial charge in [0.05, 0.1) is 35.7 Å². The number of carboxylic acids is 1. The van der Waals surface area contributed by atoms with Crippen molar-refractivity contribution < 1.29 is 41.7 Å². The first-order valence-electron chi connectivity index (χ1n) is 15.9. The summed E-state index contributed by atoms with van der Waals surface area (Å²) in [5.74, 6) is -4.18. The Labute approximate surface area is 328 Å². The molecular weight excluding hydrogens is 800 g/mol. The molecule has 0 unspecified atom stereocenters. The summed E-state index contributed by atoms with van der Waals surface area (Å²) in [6, 6.07) is 29.9. The van der Waals surface area contributed by atoms with E-state index in [1.54, 1.807) is 36.4 Å². The van der Waals surface area contributed by atoms with Crippen LogP contribution < -0.4 is 20.5 Å². The maximum Gasteiger partial charge on any atom is 0.341 e. The van der Waals surface area contributed by atoms with E-state index in [1.165, 1.54) is 36.4 Å². The Kier molecular flexibility index (Phi) is 16.6. The molecule has 4 aromatic carbocycles. The molecule has 0 saturated heterocycles. The molecule has 0 saturated carbocycles. The van der Waals surface area contributed by atoms with Gasteiger partial charge in [0.25, 0.3) is 5.91 Å². The van der Waals surface area contributed by atoms with Crippen LogP contribution in [0.5, 0.6) is 23.3 Å². The highest BCUT2D eigenvalue weighted by atomic mass is 79.9. The molecule has 1 amide bonds. The first kappa shape index (κ1) is 43.3. The average Bonchev–Trinajstić information content (AvgIpc) is 3.20. The molecule has 2 heterocycles. The van der Waals surface area contributed by atoms with Crippen molar-refractivity contribution in [1.29, 1.82) is 10.5 Å². The second-order valence-electron chi connectivity index (χ2n) is 10.9. The molecule has 0 bridgehead atoms. The number of nitrogens with one attached hydrogen (secondary N) is 1. The first-order chi connectivity index (χ1) is 26.5. The smallest absolute Gasteiger partial charge is 0.341 e. The van der Waals surface area contributed by atoms with Gasteiger partial charge in [0.1, 0.15) is 45.9 Å². The van der Waals surface area contributed by atoms with Crippen LogP contribution in [0.3, 0.4) is 0 Å². The summed E-state index contributed by atoms with van der Waals surface area (Å²) in [6.45, 7) is 0.711. The van der Waals surface area contributed by atoms with Gasteiger partial charge >= 0.3 is 5.97 Å². The molecule has 0 fully saturated rings. The van der Waals surface area contributed by atoms with Crippen LogP contribution >= 0.6 is 17.0 Å². The summed E-state index contributed by atoms with van der Waals surface area (Å²) in [6.07, 6.45) is 1.77. The molecule has 0 aliphatic rings. The maximum atomic E-state index is 13.6. The lowest BCUT2D eigenvalue weighted by atomic mass is 10.1. The Balaban J connectivity index is 0.000000249. The second-order valence-corrected chi connectivity index (χ2v) is 10.9. The van der Waals surface area contributed by atoms with Gasteiger partial charge in [-0.15, -0.1) is 17.0 Å². The zero-order valence-corrected chi connectivity index (χ0v) is 30.5. The van der Waals surface area contributed by atoms with Crippen LogP contribution in [0.15, 0.2) is 122 Å². The van der Waals surface area contributed by atoms with Crippen LogP contribution in [0.2, 0.25) is 0 Å². The van der Waals surface area contributed by atoms with Gasteiger partial charge in [0, 0.05) is 13.1 Å². The maximum absolute atomic E-state index is 13.6. The first-order valence-corrected chi connectivity index (χ1v) is 15.9. The quantitative estimate of drug-likeness (QED) is 0.120. The number of aromatic nitrogens is 2. The molecule has 0 atom stereocenters. The number of pyridine rings is 2. The summed E-state index contributed by atoms with van der Waals surface area (Å²) in [4.78, 5) is 30.7. The Morgan fingerprint density at radius 2 is 1.05 bits per heavy atom. The molecule has 0 radical (unpaired) electrons. The van der Waals surface area contributed by atoms with Crippen LogP contribution in [0.25, 0.3) is 0 Å². The normalized spacial score (nSPS) is 9.70. The van der Waals surface area contributed by atoms with Crippen molar-refractivity contribution in [3.63, 3.8) is 0 Å². The van der Waals surface area contributed by atoms with Crippen LogP contribution in [-0.4, -0.2) is 27.0 Å². The van der Waals surface area contributed by atoms with Gasteiger partial charge in [-0.25, -0.2) is 32.3 Å². The molecule has 56 heavy (non-hydrogen) atoms. The summed E-state index contributed by atoms with van der Waals surface area (Å²) in [5.41, 5.74) is 7.88. The molecule has 6 aromatic rings. The van der Waals surface area contributed by atoms with E-state index >= 15 is 0 Å². The molecule has 4 N–H and O–H groups in total. The number of amides is 1. The minimum Gasteiger partial charge on any atom is -0.477 e. The Morgan fingerprint density at radius 3 is 1.46 bits per heavy atom.